The molecule has 0 aliphatic carbocycles. The van der Waals surface area contributed by atoms with Crippen LogP contribution in [-0.4, -0.2) is 37.3 Å². The Bertz CT molecular complexity index is 1340. The van der Waals surface area contributed by atoms with E-state index < -0.39 is 29.0 Å². The lowest BCUT2D eigenvalue weighted by atomic mass is 9.87. The molecule has 1 aromatic heterocycles. The van der Waals surface area contributed by atoms with Crippen molar-refractivity contribution in [3.63, 3.8) is 0 Å². The number of halogens is 4. The smallest absolute Gasteiger partial charge is 0.416 e. The summed E-state index contributed by atoms with van der Waals surface area (Å²) >= 11 is 0. The number of anilines is 2. The molecule has 1 aliphatic heterocycles. The molecule has 3 aromatic rings. The third kappa shape index (κ3) is 6.92. The Morgan fingerprint density at radius 3 is 2.42 bits per heavy atom. The molecule has 0 spiro atoms. The van der Waals surface area contributed by atoms with Gasteiger partial charge in [0.1, 0.15) is 35.3 Å². The van der Waals surface area contributed by atoms with Crippen LogP contribution >= 0.6 is 0 Å². The first-order chi connectivity index (χ1) is 18.8. The number of amides is 1. The molecule has 216 valence electrons. The number of phenols is 1. The van der Waals surface area contributed by atoms with E-state index >= 15 is 4.39 Å². The summed E-state index contributed by atoms with van der Waals surface area (Å²) in [4.78, 5) is 17.1. The quantitative estimate of drug-likeness (QED) is 0.190. The maximum Gasteiger partial charge on any atom is 0.416 e. The Balaban J connectivity index is 0.000000649. The molecule has 4 rings (SSSR count). The van der Waals surface area contributed by atoms with Gasteiger partial charge >= 0.3 is 6.18 Å². The summed E-state index contributed by atoms with van der Waals surface area (Å²) in [7, 11) is 2.87. The van der Waals surface area contributed by atoms with Gasteiger partial charge in [0.2, 0.25) is 6.41 Å². The van der Waals surface area contributed by atoms with E-state index in [1.165, 1.54) is 31.7 Å². The lowest BCUT2D eigenvalue weighted by Gasteiger charge is -2.31. The number of allylic oxidation sites excluding steroid dienone is 1. The highest BCUT2D eigenvalue weighted by Crippen LogP contribution is 2.47. The molecular weight excluding hydrogens is 534 g/mol. The van der Waals surface area contributed by atoms with Crippen LogP contribution in [0.5, 0.6) is 5.75 Å². The highest BCUT2D eigenvalue weighted by molar-refractivity contribution is 5.89. The number of aryl methyl sites for hydroxylation is 1. The van der Waals surface area contributed by atoms with Gasteiger partial charge < -0.3 is 24.3 Å². The monoisotopic (exact) mass is 565 g/mol. The summed E-state index contributed by atoms with van der Waals surface area (Å²) in [6, 6.07) is 5.34. The van der Waals surface area contributed by atoms with Crippen molar-refractivity contribution in [1.82, 2.24) is 4.98 Å². The first-order valence-corrected chi connectivity index (χ1v) is 12.1. The van der Waals surface area contributed by atoms with Crippen molar-refractivity contribution in [3.8, 4) is 5.75 Å². The number of para-hydroxylation sites is 1. The second-order valence-corrected chi connectivity index (χ2v) is 9.90. The number of aromatic nitrogens is 1. The Morgan fingerprint density at radius 2 is 1.93 bits per heavy atom. The number of carbonyl (C=O) groups excluding carboxylic acids is 1. The van der Waals surface area contributed by atoms with Crippen molar-refractivity contribution in [3.05, 3.63) is 83.1 Å². The van der Waals surface area contributed by atoms with Gasteiger partial charge in [0.25, 0.3) is 0 Å². The van der Waals surface area contributed by atoms with Crippen molar-refractivity contribution >= 4 is 17.8 Å². The van der Waals surface area contributed by atoms with Crippen LogP contribution in [-0.2, 0) is 20.4 Å². The third-order valence-electron chi connectivity index (χ3n) is 6.10. The number of hydrogen-bond donors (Lipinski definition) is 2. The van der Waals surface area contributed by atoms with E-state index in [9.17, 15) is 23.1 Å². The molecule has 12 heteroatoms. The molecule has 1 aliphatic rings. The molecule has 0 fully saturated rings. The lowest BCUT2D eigenvalue weighted by Crippen LogP contribution is -2.30. The van der Waals surface area contributed by atoms with Crippen LogP contribution in [0.15, 0.2) is 64.9 Å². The van der Waals surface area contributed by atoms with Gasteiger partial charge in [-0.1, -0.05) is 26.0 Å². The number of phenolic OH excluding ortho intramolecular Hbond substituents is 1. The first kappa shape index (κ1) is 30.5. The van der Waals surface area contributed by atoms with Gasteiger partial charge in [-0.05, 0) is 43.0 Å². The van der Waals surface area contributed by atoms with Crippen LogP contribution in [0.1, 0.15) is 43.1 Å². The van der Waals surface area contributed by atoms with E-state index in [-0.39, 0.29) is 28.4 Å². The summed E-state index contributed by atoms with van der Waals surface area (Å²) in [5.41, 5.74) is -0.0746. The highest BCUT2D eigenvalue weighted by atomic mass is 19.4. The molecule has 1 unspecified atom stereocenters. The number of oxazole rings is 1. The van der Waals surface area contributed by atoms with E-state index in [0.717, 1.165) is 22.7 Å². The summed E-state index contributed by atoms with van der Waals surface area (Å²) in [6.07, 6.45) is -1.01. The maximum atomic E-state index is 15.1. The molecule has 0 saturated carbocycles. The number of aromatic hydroxyl groups is 1. The molecule has 2 heterocycles. The number of rotatable bonds is 7. The first-order valence-electron chi connectivity index (χ1n) is 12.1. The third-order valence-corrected chi connectivity index (χ3v) is 6.10. The summed E-state index contributed by atoms with van der Waals surface area (Å²) < 4.78 is 70.1. The Hall–Kier alpha value is -4.06. The molecular formula is C28H31F4N3O5. The van der Waals surface area contributed by atoms with E-state index in [0.29, 0.717) is 31.2 Å². The number of methoxy groups -OCH3 is 2. The summed E-state index contributed by atoms with van der Waals surface area (Å²) in [6.45, 7) is 6.06. The number of nitrogens with one attached hydrogen (secondary N) is 1. The summed E-state index contributed by atoms with van der Waals surface area (Å²) in [5, 5.41) is 13.6. The summed E-state index contributed by atoms with van der Waals surface area (Å²) in [5.74, 6) is -1.21. The van der Waals surface area contributed by atoms with E-state index in [1.54, 1.807) is 13.4 Å². The molecule has 0 bridgehead atoms. The molecule has 1 amide bonds. The zero-order chi connectivity index (χ0) is 29.7. The second kappa shape index (κ2) is 12.4. The van der Waals surface area contributed by atoms with E-state index in [1.807, 2.05) is 20.8 Å². The number of benzene rings is 2. The minimum Gasteiger partial charge on any atom is -0.506 e. The molecule has 8 nitrogen and oxygen atoms in total. The molecule has 2 aromatic carbocycles. The zero-order valence-corrected chi connectivity index (χ0v) is 22.7. The van der Waals surface area contributed by atoms with Crippen LogP contribution in [0.25, 0.3) is 0 Å². The SMILES string of the molecule is COCC(C)(C)CC1=C(OC)C(c2ccc(C(F)(F)F)cc2F)N(C=O)c2cccc(O)c2N1.Cc1cocn1. The van der Waals surface area contributed by atoms with Gasteiger partial charge in [-0.2, -0.15) is 13.2 Å². The molecule has 1 atom stereocenters. The number of nitrogens with zero attached hydrogens (tertiary/aromatic N) is 2. The molecule has 2 N–H and O–H groups in total. The fourth-order valence-corrected chi connectivity index (χ4v) is 4.41. The molecule has 40 heavy (non-hydrogen) atoms. The van der Waals surface area contributed by atoms with Crippen LogP contribution in [0.2, 0.25) is 0 Å². The Morgan fingerprint density at radius 1 is 1.20 bits per heavy atom. The van der Waals surface area contributed by atoms with Crippen LogP contribution in [0, 0.1) is 18.2 Å². The molecule has 0 radical (unpaired) electrons. The Kier molecular flexibility index (Phi) is 9.46. The number of carbonyl (C=O) groups is 1. The second-order valence-electron chi connectivity index (χ2n) is 9.90. The van der Waals surface area contributed by atoms with Crippen molar-refractivity contribution < 1.29 is 41.4 Å². The number of ether oxygens (including phenoxy) is 2. The average Bonchev–Trinajstić information content (AvgIpc) is 3.31. The molecule has 0 saturated heterocycles. The highest BCUT2D eigenvalue weighted by Gasteiger charge is 2.38. The Labute approximate surface area is 229 Å². The van der Waals surface area contributed by atoms with Crippen molar-refractivity contribution in [1.29, 1.82) is 0 Å². The van der Waals surface area contributed by atoms with Gasteiger partial charge in [-0.15, -0.1) is 0 Å². The van der Waals surface area contributed by atoms with Crippen LogP contribution < -0.4 is 10.2 Å². The fraction of sp³-hybridized carbons (Fsp3) is 0.357. The largest absolute Gasteiger partial charge is 0.506 e. The van der Waals surface area contributed by atoms with E-state index in [4.69, 9.17) is 9.47 Å². The number of hydrogen-bond acceptors (Lipinski definition) is 7. The predicted octanol–water partition coefficient (Wildman–Crippen LogP) is 6.58. The van der Waals surface area contributed by atoms with Crippen LogP contribution in [0.4, 0.5) is 28.9 Å². The zero-order valence-electron chi connectivity index (χ0n) is 22.7. The van der Waals surface area contributed by atoms with Gasteiger partial charge in [0.15, 0.2) is 6.39 Å². The van der Waals surface area contributed by atoms with Gasteiger partial charge in [0.05, 0.1) is 36.4 Å². The van der Waals surface area contributed by atoms with Gasteiger partial charge in [0, 0.05) is 12.7 Å². The number of fused-ring (bicyclic) bond motifs is 1. The van der Waals surface area contributed by atoms with Crippen LogP contribution in [0.3, 0.4) is 0 Å². The lowest BCUT2D eigenvalue weighted by molar-refractivity contribution is -0.137. The van der Waals surface area contributed by atoms with E-state index in [2.05, 4.69) is 14.7 Å². The number of alkyl halides is 3. The average molecular weight is 566 g/mol. The van der Waals surface area contributed by atoms with Crippen molar-refractivity contribution in [2.75, 3.05) is 31.0 Å². The maximum absolute atomic E-state index is 15.1. The standard InChI is InChI=1S/C24H26F4N2O4.C4H5NO/c1-23(2,12-33-3)11-17-22(34-4)21(15-9-8-14(10-16(15)25)24(26,27)28)30(13-31)18-6-5-7-19(32)20(18)29-17;1-4-2-6-3-5-4/h5-10,13,21,29,32H,11-12H2,1-4H3;2-3H,1H3. The fourth-order valence-electron chi connectivity index (χ4n) is 4.41. The van der Waals surface area contributed by atoms with Crippen molar-refractivity contribution in [2.24, 2.45) is 5.41 Å². The normalized spacial score (nSPS) is 15.4. The van der Waals surface area contributed by atoms with Gasteiger partial charge in [-0.25, -0.2) is 9.37 Å². The minimum absolute atomic E-state index is 0.116. The van der Waals surface area contributed by atoms with Gasteiger partial charge in [-0.3, -0.25) is 9.69 Å². The minimum atomic E-state index is -4.73. The van der Waals surface area contributed by atoms with Crippen molar-refractivity contribution in [2.45, 2.75) is 39.4 Å². The topological polar surface area (TPSA) is 97.1 Å². The predicted molar refractivity (Wildman–Crippen MR) is 140 cm³/mol.